The molecule has 0 aliphatic rings. The largest absolute Gasteiger partial charge is 0.440 e. The van der Waals surface area contributed by atoms with Gasteiger partial charge < -0.3 is 9.15 Å². The number of aryl methyl sites for hydroxylation is 1. The van der Waals surface area contributed by atoms with Crippen molar-refractivity contribution in [3.8, 4) is 45.1 Å². The summed E-state index contributed by atoms with van der Waals surface area (Å²) in [6.45, 7) is -1.61. The molecule has 0 atom stereocenters. The van der Waals surface area contributed by atoms with Gasteiger partial charge >= 0.3 is 12.8 Å². The highest BCUT2D eigenvalue weighted by Crippen LogP contribution is 2.41. The van der Waals surface area contributed by atoms with Gasteiger partial charge in [-0.3, -0.25) is 0 Å². The molecular formula is C28H19ClF5N3O4S. The van der Waals surface area contributed by atoms with Crippen LogP contribution in [0.25, 0.3) is 39.4 Å². The van der Waals surface area contributed by atoms with E-state index in [1.165, 1.54) is 43.3 Å². The molecule has 3 aromatic carbocycles. The van der Waals surface area contributed by atoms with Gasteiger partial charge in [-0.2, -0.15) is 27.1 Å². The van der Waals surface area contributed by atoms with Gasteiger partial charge in [-0.15, -0.1) is 0 Å². The molecule has 0 amide bonds. The second kappa shape index (κ2) is 10.9. The van der Waals surface area contributed by atoms with Gasteiger partial charge in [0, 0.05) is 30.5 Å². The number of benzene rings is 3. The number of sulfone groups is 1. The molecule has 0 spiro atoms. The van der Waals surface area contributed by atoms with Crippen molar-refractivity contribution in [3.63, 3.8) is 0 Å². The summed E-state index contributed by atoms with van der Waals surface area (Å²) in [5.74, 6) is -0.0691. The van der Waals surface area contributed by atoms with Gasteiger partial charge in [0.05, 0.1) is 15.6 Å². The molecule has 0 aliphatic carbocycles. The molecule has 42 heavy (non-hydrogen) atoms. The average Bonchev–Trinajstić information content (AvgIpc) is 3.56. The van der Waals surface area contributed by atoms with Crippen LogP contribution in [-0.4, -0.2) is 36.0 Å². The van der Waals surface area contributed by atoms with E-state index in [1.54, 1.807) is 24.3 Å². The first-order valence-corrected chi connectivity index (χ1v) is 14.3. The van der Waals surface area contributed by atoms with Crippen molar-refractivity contribution in [2.24, 2.45) is 0 Å². The molecule has 14 heteroatoms. The first-order valence-electron chi connectivity index (χ1n) is 12.0. The van der Waals surface area contributed by atoms with Crippen LogP contribution in [0.1, 0.15) is 11.6 Å². The highest BCUT2D eigenvalue weighted by atomic mass is 35.5. The lowest BCUT2D eigenvalue weighted by Crippen LogP contribution is -2.07. The van der Waals surface area contributed by atoms with Gasteiger partial charge in [0.2, 0.25) is 0 Å². The Morgan fingerprint density at radius 1 is 0.976 bits per heavy atom. The molecule has 0 aliphatic heterocycles. The maximum Gasteiger partial charge on any atom is 0.435 e. The van der Waals surface area contributed by atoms with Crippen LogP contribution in [0.4, 0.5) is 22.0 Å². The molecule has 2 heterocycles. The average molecular weight is 624 g/mol. The predicted octanol–water partition coefficient (Wildman–Crippen LogP) is 7.85. The van der Waals surface area contributed by atoms with Gasteiger partial charge in [0.25, 0.3) is 0 Å². The SMILES string of the molecule is Cc1nc(-c2ccc(Cl)c(OC(F)F)c2)c(-c2cc(-c3cccc(S(C)(=O)=O)c3)ccc2-n2ccc(C(F)(F)F)n2)o1. The van der Waals surface area contributed by atoms with Crippen LogP contribution < -0.4 is 4.74 Å². The van der Waals surface area contributed by atoms with Crippen molar-refractivity contribution < 1.29 is 39.5 Å². The van der Waals surface area contributed by atoms with E-state index >= 15 is 0 Å². The van der Waals surface area contributed by atoms with E-state index in [-0.39, 0.29) is 49.8 Å². The molecule has 218 valence electrons. The summed E-state index contributed by atoms with van der Waals surface area (Å²) in [5.41, 5.74) is 0.710. The van der Waals surface area contributed by atoms with Crippen molar-refractivity contribution in [3.05, 3.63) is 89.5 Å². The summed E-state index contributed by atoms with van der Waals surface area (Å²) in [6.07, 6.45) is -2.50. The van der Waals surface area contributed by atoms with E-state index in [0.29, 0.717) is 11.1 Å². The maximum atomic E-state index is 13.4. The molecule has 0 unspecified atom stereocenters. The van der Waals surface area contributed by atoms with Crippen LogP contribution in [0, 0.1) is 6.92 Å². The van der Waals surface area contributed by atoms with E-state index in [0.717, 1.165) is 23.2 Å². The molecule has 0 saturated carbocycles. The third kappa shape index (κ3) is 6.02. The lowest BCUT2D eigenvalue weighted by atomic mass is 9.98. The monoisotopic (exact) mass is 623 g/mol. The third-order valence-electron chi connectivity index (χ3n) is 6.12. The highest BCUT2D eigenvalue weighted by molar-refractivity contribution is 7.90. The number of ether oxygens (including phenoxy) is 1. The molecule has 0 saturated heterocycles. The minimum atomic E-state index is -4.70. The number of aromatic nitrogens is 3. The second-order valence-corrected chi connectivity index (χ2v) is 11.5. The highest BCUT2D eigenvalue weighted by Gasteiger charge is 2.34. The smallest absolute Gasteiger partial charge is 0.435 e. The van der Waals surface area contributed by atoms with E-state index in [4.69, 9.17) is 16.0 Å². The van der Waals surface area contributed by atoms with Crippen molar-refractivity contribution in [2.75, 3.05) is 6.26 Å². The van der Waals surface area contributed by atoms with Gasteiger partial charge in [0.15, 0.2) is 27.2 Å². The first kappa shape index (κ1) is 29.3. The number of alkyl halides is 5. The van der Waals surface area contributed by atoms with Gasteiger partial charge in [-0.1, -0.05) is 35.9 Å². The fourth-order valence-electron chi connectivity index (χ4n) is 4.26. The molecule has 5 rings (SSSR count). The second-order valence-electron chi connectivity index (χ2n) is 9.11. The van der Waals surface area contributed by atoms with E-state index in [9.17, 15) is 30.4 Å². The quantitative estimate of drug-likeness (QED) is 0.172. The van der Waals surface area contributed by atoms with Gasteiger partial charge in [0.1, 0.15) is 11.4 Å². The Labute approximate surface area is 241 Å². The summed E-state index contributed by atoms with van der Waals surface area (Å²) in [4.78, 5) is 4.46. The Hall–Kier alpha value is -4.23. The van der Waals surface area contributed by atoms with Crippen LogP contribution in [0.2, 0.25) is 5.02 Å². The normalized spacial score (nSPS) is 12.2. The predicted molar refractivity (Wildman–Crippen MR) is 144 cm³/mol. The Kier molecular flexibility index (Phi) is 7.58. The summed E-state index contributed by atoms with van der Waals surface area (Å²) in [5, 5.41) is 3.61. The summed E-state index contributed by atoms with van der Waals surface area (Å²) in [7, 11) is -3.54. The Bertz CT molecular complexity index is 1900. The van der Waals surface area contributed by atoms with Crippen molar-refractivity contribution in [1.29, 1.82) is 0 Å². The molecule has 0 bridgehead atoms. The topological polar surface area (TPSA) is 87.2 Å². The van der Waals surface area contributed by atoms with Crippen molar-refractivity contribution >= 4 is 21.4 Å². The number of nitrogens with zero attached hydrogens (tertiary/aromatic N) is 3. The number of halogens is 6. The summed E-state index contributed by atoms with van der Waals surface area (Å²) < 4.78 is 102. The third-order valence-corrected chi connectivity index (χ3v) is 7.54. The zero-order chi connectivity index (χ0) is 30.4. The summed E-state index contributed by atoms with van der Waals surface area (Å²) >= 11 is 6.02. The minimum absolute atomic E-state index is 0.0662. The zero-order valence-electron chi connectivity index (χ0n) is 21.7. The maximum absolute atomic E-state index is 13.4. The van der Waals surface area contributed by atoms with E-state index < -0.39 is 28.3 Å². The van der Waals surface area contributed by atoms with Crippen LogP contribution in [0.3, 0.4) is 0 Å². The Morgan fingerprint density at radius 2 is 1.69 bits per heavy atom. The lowest BCUT2D eigenvalue weighted by Gasteiger charge is -2.13. The standard InChI is InChI=1S/C28H19ClF5N3O4S/c1-15-35-25(18-6-8-21(29)23(14-18)41-27(30)31)26(40-15)20-13-17(16-4-3-5-19(12-16)42(2,38)39)7-9-22(20)37-11-10-24(36-37)28(32,33)34/h3-14,27H,1-2H3. The van der Waals surface area contributed by atoms with E-state index in [2.05, 4.69) is 14.8 Å². The number of hydrogen-bond donors (Lipinski definition) is 0. The van der Waals surface area contributed by atoms with Gasteiger partial charge in [-0.05, 0) is 53.6 Å². The first-order chi connectivity index (χ1) is 19.7. The fraction of sp³-hybridized carbons (Fsp3) is 0.143. The molecule has 7 nitrogen and oxygen atoms in total. The fourth-order valence-corrected chi connectivity index (χ4v) is 5.08. The molecule has 2 aromatic heterocycles. The van der Waals surface area contributed by atoms with Gasteiger partial charge in [-0.25, -0.2) is 18.1 Å². The van der Waals surface area contributed by atoms with Crippen LogP contribution in [0.15, 0.2) is 82.2 Å². The Balaban J connectivity index is 1.74. The minimum Gasteiger partial charge on any atom is -0.440 e. The molecule has 0 N–H and O–H groups in total. The zero-order valence-corrected chi connectivity index (χ0v) is 23.2. The lowest BCUT2D eigenvalue weighted by molar-refractivity contribution is -0.141. The van der Waals surface area contributed by atoms with Crippen LogP contribution in [-0.2, 0) is 16.0 Å². The number of hydrogen-bond acceptors (Lipinski definition) is 6. The number of oxazole rings is 1. The molecule has 0 fully saturated rings. The summed E-state index contributed by atoms with van der Waals surface area (Å²) in [6, 6.07) is 15.7. The van der Waals surface area contributed by atoms with Crippen LogP contribution in [0.5, 0.6) is 5.75 Å². The molecular weight excluding hydrogens is 605 g/mol. The van der Waals surface area contributed by atoms with Crippen molar-refractivity contribution in [1.82, 2.24) is 14.8 Å². The van der Waals surface area contributed by atoms with E-state index in [1.807, 2.05) is 0 Å². The molecule has 5 aromatic rings. The van der Waals surface area contributed by atoms with Crippen LogP contribution >= 0.6 is 11.6 Å². The van der Waals surface area contributed by atoms with Crippen molar-refractivity contribution in [2.45, 2.75) is 24.6 Å². The molecule has 0 radical (unpaired) electrons. The number of rotatable bonds is 7. The Morgan fingerprint density at radius 3 is 2.36 bits per heavy atom.